The van der Waals surface area contributed by atoms with Crippen LogP contribution in [0.15, 0.2) is 48.7 Å². The van der Waals surface area contributed by atoms with Gasteiger partial charge >= 0.3 is 0 Å². The number of nitrogens with one attached hydrogen (secondary N) is 1. The van der Waals surface area contributed by atoms with Crippen LogP contribution in [-0.4, -0.2) is 30.5 Å². The SMILES string of the molecule is COc1cc2nccc(Oc3ccc(N(C=O)NC4CC4)cc3)c2cc1C(N)=O. The molecule has 1 heterocycles. The molecule has 3 N–H and O–H groups in total. The van der Waals surface area contributed by atoms with E-state index in [2.05, 4.69) is 10.4 Å². The lowest BCUT2D eigenvalue weighted by Crippen LogP contribution is -2.38. The van der Waals surface area contributed by atoms with Gasteiger partial charge in [0.15, 0.2) is 0 Å². The molecule has 29 heavy (non-hydrogen) atoms. The minimum atomic E-state index is -0.597. The van der Waals surface area contributed by atoms with Crippen LogP contribution in [0.1, 0.15) is 23.2 Å². The molecule has 0 spiro atoms. The van der Waals surface area contributed by atoms with Crippen molar-refractivity contribution in [3.05, 3.63) is 54.2 Å². The van der Waals surface area contributed by atoms with Crippen LogP contribution in [0.5, 0.6) is 17.2 Å². The Hall–Kier alpha value is -3.65. The Morgan fingerprint density at radius 1 is 1.21 bits per heavy atom. The topological polar surface area (TPSA) is 107 Å². The summed E-state index contributed by atoms with van der Waals surface area (Å²) >= 11 is 0. The molecule has 1 fully saturated rings. The number of methoxy groups -OCH3 is 1. The van der Waals surface area contributed by atoms with Gasteiger partial charge in [-0.3, -0.25) is 14.6 Å². The average Bonchev–Trinajstić information content (AvgIpc) is 3.56. The van der Waals surface area contributed by atoms with Crippen LogP contribution in [-0.2, 0) is 4.79 Å². The Morgan fingerprint density at radius 2 is 1.97 bits per heavy atom. The maximum atomic E-state index is 11.7. The van der Waals surface area contributed by atoms with Gasteiger partial charge in [-0.1, -0.05) is 0 Å². The molecular weight excluding hydrogens is 372 g/mol. The largest absolute Gasteiger partial charge is 0.496 e. The molecule has 0 atom stereocenters. The third kappa shape index (κ3) is 3.97. The summed E-state index contributed by atoms with van der Waals surface area (Å²) in [6.45, 7) is 0. The second-order valence-electron chi connectivity index (χ2n) is 6.72. The zero-order valence-corrected chi connectivity index (χ0v) is 15.8. The van der Waals surface area contributed by atoms with E-state index in [1.807, 2.05) is 0 Å². The summed E-state index contributed by atoms with van der Waals surface area (Å²) in [5.74, 6) is 0.863. The number of pyridine rings is 1. The highest BCUT2D eigenvalue weighted by Gasteiger charge is 2.23. The van der Waals surface area contributed by atoms with Gasteiger partial charge in [-0.25, -0.2) is 10.4 Å². The average molecular weight is 392 g/mol. The lowest BCUT2D eigenvalue weighted by atomic mass is 10.1. The lowest BCUT2D eigenvalue weighted by Gasteiger charge is -2.18. The summed E-state index contributed by atoms with van der Waals surface area (Å²) in [4.78, 5) is 27.4. The fraction of sp³-hybridized carbons (Fsp3) is 0.190. The lowest BCUT2D eigenvalue weighted by molar-refractivity contribution is -0.108. The highest BCUT2D eigenvalue weighted by Crippen LogP contribution is 2.33. The van der Waals surface area contributed by atoms with E-state index >= 15 is 0 Å². The van der Waals surface area contributed by atoms with Crippen LogP contribution >= 0.6 is 0 Å². The van der Waals surface area contributed by atoms with Gasteiger partial charge in [0.25, 0.3) is 5.91 Å². The number of carbonyl (C=O) groups is 2. The van der Waals surface area contributed by atoms with Crippen molar-refractivity contribution < 1.29 is 19.1 Å². The second kappa shape index (κ2) is 7.76. The zero-order valence-electron chi connectivity index (χ0n) is 15.8. The third-order valence-electron chi connectivity index (χ3n) is 4.64. The number of ether oxygens (including phenoxy) is 2. The Balaban J connectivity index is 1.62. The zero-order chi connectivity index (χ0) is 20.4. The molecule has 1 aliphatic carbocycles. The third-order valence-corrected chi connectivity index (χ3v) is 4.64. The quantitative estimate of drug-likeness (QED) is 0.451. The first-order valence-corrected chi connectivity index (χ1v) is 9.14. The minimum Gasteiger partial charge on any atom is -0.496 e. The fourth-order valence-electron chi connectivity index (χ4n) is 2.98. The molecule has 1 aliphatic rings. The van der Waals surface area contributed by atoms with Crippen LogP contribution in [0.3, 0.4) is 0 Å². The van der Waals surface area contributed by atoms with Crippen molar-refractivity contribution >= 4 is 28.9 Å². The van der Waals surface area contributed by atoms with Crippen LogP contribution in [0, 0.1) is 0 Å². The molecule has 0 unspecified atom stereocenters. The number of primary amides is 1. The predicted molar refractivity (Wildman–Crippen MR) is 108 cm³/mol. The van der Waals surface area contributed by atoms with Crippen molar-refractivity contribution in [3.8, 4) is 17.2 Å². The smallest absolute Gasteiger partial charge is 0.252 e. The fourth-order valence-corrected chi connectivity index (χ4v) is 2.98. The first-order chi connectivity index (χ1) is 14.1. The molecule has 0 saturated heterocycles. The first-order valence-electron chi connectivity index (χ1n) is 9.14. The summed E-state index contributed by atoms with van der Waals surface area (Å²) < 4.78 is 11.2. The molecule has 2 aromatic carbocycles. The van der Waals surface area contributed by atoms with Crippen molar-refractivity contribution in [2.45, 2.75) is 18.9 Å². The van der Waals surface area contributed by atoms with Gasteiger partial charge in [-0.2, -0.15) is 0 Å². The number of hydrogen-bond donors (Lipinski definition) is 2. The highest BCUT2D eigenvalue weighted by molar-refractivity contribution is 6.01. The molecule has 1 saturated carbocycles. The molecule has 8 nitrogen and oxygen atoms in total. The van der Waals surface area contributed by atoms with Gasteiger partial charge in [-0.15, -0.1) is 0 Å². The van der Waals surface area contributed by atoms with E-state index in [0.717, 1.165) is 24.9 Å². The van der Waals surface area contributed by atoms with E-state index in [0.29, 0.717) is 34.2 Å². The molecule has 4 rings (SSSR count). The van der Waals surface area contributed by atoms with Crippen LogP contribution < -0.4 is 25.6 Å². The van der Waals surface area contributed by atoms with E-state index in [4.69, 9.17) is 15.2 Å². The first kappa shape index (κ1) is 18.7. The van der Waals surface area contributed by atoms with Crippen LogP contribution in [0.4, 0.5) is 5.69 Å². The molecule has 3 aromatic rings. The Bertz CT molecular complexity index is 1060. The van der Waals surface area contributed by atoms with E-state index in [9.17, 15) is 9.59 Å². The number of hydrogen-bond acceptors (Lipinski definition) is 6. The Labute approximate surface area is 167 Å². The van der Waals surface area contributed by atoms with Gasteiger partial charge in [0.2, 0.25) is 6.41 Å². The number of rotatable bonds is 8. The Kier molecular flexibility index (Phi) is 5.01. The van der Waals surface area contributed by atoms with Crippen molar-refractivity contribution in [3.63, 3.8) is 0 Å². The molecule has 1 aromatic heterocycles. The van der Waals surface area contributed by atoms with E-state index in [1.54, 1.807) is 48.7 Å². The summed E-state index contributed by atoms with van der Waals surface area (Å²) in [5, 5.41) is 2.10. The van der Waals surface area contributed by atoms with E-state index in [-0.39, 0.29) is 5.56 Å². The number of carbonyl (C=O) groups excluding carboxylic acids is 2. The number of aromatic nitrogens is 1. The molecule has 8 heteroatoms. The number of amides is 2. The monoisotopic (exact) mass is 392 g/mol. The number of fused-ring (bicyclic) bond motifs is 1. The Morgan fingerprint density at radius 3 is 2.59 bits per heavy atom. The summed E-state index contributed by atoms with van der Waals surface area (Å²) in [6, 6.07) is 12.4. The van der Waals surface area contributed by atoms with Crippen molar-refractivity contribution in [1.29, 1.82) is 0 Å². The number of nitrogens with zero attached hydrogens (tertiary/aromatic N) is 2. The molecule has 148 valence electrons. The summed E-state index contributed by atoms with van der Waals surface area (Å²) in [5.41, 5.74) is 10.2. The summed E-state index contributed by atoms with van der Waals surface area (Å²) in [7, 11) is 1.47. The van der Waals surface area contributed by atoms with Gasteiger partial charge in [0.05, 0.1) is 23.9 Å². The van der Waals surface area contributed by atoms with Gasteiger partial charge in [0.1, 0.15) is 17.2 Å². The maximum Gasteiger partial charge on any atom is 0.252 e. The van der Waals surface area contributed by atoms with Gasteiger partial charge in [0, 0.05) is 23.7 Å². The van der Waals surface area contributed by atoms with Crippen molar-refractivity contribution in [2.75, 3.05) is 12.1 Å². The van der Waals surface area contributed by atoms with Crippen molar-refractivity contribution in [1.82, 2.24) is 10.4 Å². The van der Waals surface area contributed by atoms with Gasteiger partial charge in [-0.05, 0) is 49.2 Å². The second-order valence-corrected chi connectivity index (χ2v) is 6.72. The molecule has 0 aliphatic heterocycles. The number of anilines is 1. The molecule has 0 radical (unpaired) electrons. The van der Waals surface area contributed by atoms with Crippen molar-refractivity contribution in [2.24, 2.45) is 5.73 Å². The normalized spacial score (nSPS) is 13.1. The number of benzene rings is 2. The van der Waals surface area contributed by atoms with E-state index in [1.165, 1.54) is 12.1 Å². The number of nitrogens with two attached hydrogens (primary N) is 1. The molecular formula is C21H20N4O4. The standard InChI is InChI=1S/C21H20N4O4/c1-28-20-11-18-16(10-17(20)21(22)27)19(8-9-23-18)29-15-6-4-14(5-7-15)25(12-26)24-13-2-3-13/h4-13,24H,2-3H2,1H3,(H2,22,27). The molecule has 0 bridgehead atoms. The minimum absolute atomic E-state index is 0.251. The van der Waals surface area contributed by atoms with Crippen LogP contribution in [0.25, 0.3) is 10.9 Å². The predicted octanol–water partition coefficient (Wildman–Crippen LogP) is 2.76. The van der Waals surface area contributed by atoms with Gasteiger partial charge < -0.3 is 15.2 Å². The number of hydrazine groups is 1. The summed E-state index contributed by atoms with van der Waals surface area (Å²) in [6.07, 6.45) is 4.50. The van der Waals surface area contributed by atoms with Crippen LogP contribution in [0.2, 0.25) is 0 Å². The molecule has 2 amide bonds. The maximum absolute atomic E-state index is 11.7. The van der Waals surface area contributed by atoms with E-state index < -0.39 is 5.91 Å². The highest BCUT2D eigenvalue weighted by atomic mass is 16.5.